The molecule has 17 heavy (non-hydrogen) atoms. The Bertz CT molecular complexity index is 359. The van der Waals surface area contributed by atoms with Gasteiger partial charge in [-0.1, -0.05) is 13.8 Å². The van der Waals surface area contributed by atoms with Crippen LogP contribution >= 0.6 is 0 Å². The molecule has 1 aromatic rings. The molecule has 5 nitrogen and oxygen atoms in total. The highest BCUT2D eigenvalue weighted by atomic mass is 16.5. The minimum atomic E-state index is -0.415. The van der Waals surface area contributed by atoms with E-state index in [1.54, 1.807) is 6.07 Å². The summed E-state index contributed by atoms with van der Waals surface area (Å²) in [4.78, 5) is 11.2. The van der Waals surface area contributed by atoms with Crippen molar-refractivity contribution >= 4 is 5.97 Å². The second-order valence-electron chi connectivity index (χ2n) is 4.24. The van der Waals surface area contributed by atoms with E-state index in [0.717, 1.165) is 0 Å². The predicted molar refractivity (Wildman–Crippen MR) is 62.6 cm³/mol. The average molecular weight is 241 g/mol. The Labute approximate surface area is 101 Å². The molecule has 1 unspecified atom stereocenters. The van der Waals surface area contributed by atoms with E-state index in [-0.39, 0.29) is 12.0 Å². The first kappa shape index (κ1) is 13.7. The molecule has 1 atom stereocenters. The summed E-state index contributed by atoms with van der Waals surface area (Å²) in [5, 5.41) is 12.6. The molecular weight excluding hydrogens is 222 g/mol. The van der Waals surface area contributed by atoms with Crippen molar-refractivity contribution < 1.29 is 19.1 Å². The van der Waals surface area contributed by atoms with Crippen LogP contribution in [-0.2, 0) is 11.3 Å². The fourth-order valence-electron chi connectivity index (χ4n) is 1.28. The summed E-state index contributed by atoms with van der Waals surface area (Å²) < 4.78 is 9.75. The number of carbonyl (C=O) groups is 1. The summed E-state index contributed by atoms with van der Waals surface area (Å²) in [6, 6.07) is 1.63. The van der Waals surface area contributed by atoms with Gasteiger partial charge in [-0.25, -0.2) is 4.79 Å². The van der Waals surface area contributed by atoms with E-state index in [0.29, 0.717) is 24.4 Å². The summed E-state index contributed by atoms with van der Waals surface area (Å²) in [5.41, 5.74) is 0.397. The molecule has 0 amide bonds. The van der Waals surface area contributed by atoms with Crippen LogP contribution in [0.25, 0.3) is 0 Å². The molecule has 0 saturated heterocycles. The monoisotopic (exact) mass is 241 g/mol. The summed E-state index contributed by atoms with van der Waals surface area (Å²) in [6.07, 6.45) is 0.979. The number of hydrogen-bond acceptors (Lipinski definition) is 5. The molecule has 1 heterocycles. The lowest BCUT2D eigenvalue weighted by Crippen LogP contribution is -2.30. The average Bonchev–Trinajstić information content (AvgIpc) is 2.76. The lowest BCUT2D eigenvalue weighted by molar-refractivity contribution is 0.0600. The van der Waals surface area contributed by atoms with Crippen molar-refractivity contribution in [3.05, 3.63) is 23.7 Å². The van der Waals surface area contributed by atoms with Gasteiger partial charge >= 0.3 is 5.97 Å². The Morgan fingerprint density at radius 3 is 2.88 bits per heavy atom. The van der Waals surface area contributed by atoms with Crippen molar-refractivity contribution in [3.8, 4) is 0 Å². The van der Waals surface area contributed by atoms with Crippen molar-refractivity contribution in [2.45, 2.75) is 26.5 Å². The molecule has 2 N–H and O–H groups in total. The van der Waals surface area contributed by atoms with Gasteiger partial charge in [0, 0.05) is 6.54 Å². The molecule has 0 aliphatic carbocycles. The molecule has 0 aliphatic heterocycles. The maximum Gasteiger partial charge on any atom is 0.341 e. The van der Waals surface area contributed by atoms with Crippen LogP contribution in [0.4, 0.5) is 0 Å². The normalized spacial score (nSPS) is 12.8. The number of ether oxygens (including phenoxy) is 1. The molecule has 96 valence electrons. The van der Waals surface area contributed by atoms with Crippen LogP contribution in [0.1, 0.15) is 30.0 Å². The van der Waals surface area contributed by atoms with E-state index < -0.39 is 5.97 Å². The third kappa shape index (κ3) is 4.20. The SMILES string of the molecule is COC(=O)c1coc(CNCC(O)C(C)C)c1. The molecule has 1 rings (SSSR count). The Kier molecular flexibility index (Phi) is 5.18. The zero-order valence-corrected chi connectivity index (χ0v) is 10.4. The molecule has 0 radical (unpaired) electrons. The summed E-state index contributed by atoms with van der Waals surface area (Å²) in [6.45, 7) is 4.87. The first-order valence-corrected chi connectivity index (χ1v) is 5.59. The third-order valence-electron chi connectivity index (χ3n) is 2.50. The molecule has 0 aromatic carbocycles. The van der Waals surface area contributed by atoms with Crippen molar-refractivity contribution in [2.24, 2.45) is 5.92 Å². The topological polar surface area (TPSA) is 71.7 Å². The maximum atomic E-state index is 11.2. The highest BCUT2D eigenvalue weighted by molar-refractivity contribution is 5.88. The van der Waals surface area contributed by atoms with Crippen LogP contribution in [0, 0.1) is 5.92 Å². The maximum absolute atomic E-state index is 11.2. The van der Waals surface area contributed by atoms with E-state index in [2.05, 4.69) is 10.1 Å². The van der Waals surface area contributed by atoms with Crippen molar-refractivity contribution in [1.82, 2.24) is 5.32 Å². The van der Waals surface area contributed by atoms with Gasteiger partial charge in [0.25, 0.3) is 0 Å². The number of methoxy groups -OCH3 is 1. The van der Waals surface area contributed by atoms with Gasteiger partial charge in [-0.05, 0) is 12.0 Å². The van der Waals surface area contributed by atoms with E-state index in [1.807, 2.05) is 13.8 Å². The predicted octanol–water partition coefficient (Wildman–Crippen LogP) is 1.17. The number of hydrogen-bond donors (Lipinski definition) is 2. The van der Waals surface area contributed by atoms with Crippen LogP contribution < -0.4 is 5.32 Å². The third-order valence-corrected chi connectivity index (χ3v) is 2.50. The first-order valence-electron chi connectivity index (χ1n) is 5.59. The standard InChI is InChI=1S/C12H19NO4/c1-8(2)11(14)6-13-5-10-4-9(7-17-10)12(15)16-3/h4,7-8,11,13-14H,5-6H2,1-3H3. The summed E-state index contributed by atoms with van der Waals surface area (Å²) in [7, 11) is 1.33. The van der Waals surface area contributed by atoms with Gasteiger partial charge in [-0.15, -0.1) is 0 Å². The minimum Gasteiger partial charge on any atom is -0.467 e. The van der Waals surface area contributed by atoms with E-state index >= 15 is 0 Å². The molecule has 5 heteroatoms. The number of carbonyl (C=O) groups excluding carboxylic acids is 1. The van der Waals surface area contributed by atoms with Crippen LogP contribution in [0.2, 0.25) is 0 Å². The minimum absolute atomic E-state index is 0.213. The lowest BCUT2D eigenvalue weighted by Gasteiger charge is -2.14. The highest BCUT2D eigenvalue weighted by Gasteiger charge is 2.11. The smallest absolute Gasteiger partial charge is 0.341 e. The van der Waals surface area contributed by atoms with Crippen LogP contribution in [-0.4, -0.2) is 30.8 Å². The zero-order chi connectivity index (χ0) is 12.8. The fourth-order valence-corrected chi connectivity index (χ4v) is 1.28. The van der Waals surface area contributed by atoms with E-state index in [4.69, 9.17) is 4.42 Å². The zero-order valence-electron chi connectivity index (χ0n) is 10.4. The Morgan fingerprint density at radius 1 is 1.59 bits per heavy atom. The molecule has 0 bridgehead atoms. The van der Waals surface area contributed by atoms with Gasteiger partial charge in [0.2, 0.25) is 0 Å². The molecule has 0 aliphatic rings. The van der Waals surface area contributed by atoms with Crippen molar-refractivity contribution in [1.29, 1.82) is 0 Å². The summed E-state index contributed by atoms with van der Waals surface area (Å²) in [5.74, 6) is 0.438. The molecule has 1 aromatic heterocycles. The molecule has 0 fully saturated rings. The number of rotatable bonds is 6. The first-order chi connectivity index (χ1) is 8.04. The number of aliphatic hydroxyl groups is 1. The van der Waals surface area contributed by atoms with Crippen LogP contribution in [0.5, 0.6) is 0 Å². The Morgan fingerprint density at radius 2 is 2.29 bits per heavy atom. The number of esters is 1. The van der Waals surface area contributed by atoms with Gasteiger partial charge in [-0.3, -0.25) is 0 Å². The lowest BCUT2D eigenvalue weighted by atomic mass is 10.1. The van der Waals surface area contributed by atoms with Gasteiger partial charge < -0.3 is 19.6 Å². The quantitative estimate of drug-likeness (QED) is 0.731. The number of furan rings is 1. The van der Waals surface area contributed by atoms with Gasteiger partial charge in [-0.2, -0.15) is 0 Å². The fraction of sp³-hybridized carbons (Fsp3) is 0.583. The Hall–Kier alpha value is -1.33. The second kappa shape index (κ2) is 6.42. The van der Waals surface area contributed by atoms with Gasteiger partial charge in [0.15, 0.2) is 0 Å². The molecule has 0 spiro atoms. The largest absolute Gasteiger partial charge is 0.467 e. The summed E-state index contributed by atoms with van der Waals surface area (Å²) >= 11 is 0. The highest BCUT2D eigenvalue weighted by Crippen LogP contribution is 2.09. The van der Waals surface area contributed by atoms with E-state index in [1.165, 1.54) is 13.4 Å². The van der Waals surface area contributed by atoms with E-state index in [9.17, 15) is 9.90 Å². The molecular formula is C12H19NO4. The number of nitrogens with one attached hydrogen (secondary N) is 1. The van der Waals surface area contributed by atoms with Crippen LogP contribution in [0.15, 0.2) is 16.7 Å². The van der Waals surface area contributed by atoms with Crippen molar-refractivity contribution in [3.63, 3.8) is 0 Å². The van der Waals surface area contributed by atoms with Crippen LogP contribution in [0.3, 0.4) is 0 Å². The van der Waals surface area contributed by atoms with Gasteiger partial charge in [0.05, 0.1) is 25.3 Å². The number of aliphatic hydroxyl groups excluding tert-OH is 1. The molecule has 0 saturated carbocycles. The van der Waals surface area contributed by atoms with Crippen molar-refractivity contribution in [2.75, 3.05) is 13.7 Å². The van der Waals surface area contributed by atoms with Gasteiger partial charge in [0.1, 0.15) is 12.0 Å². The Balaban J connectivity index is 2.37. The second-order valence-corrected chi connectivity index (χ2v) is 4.24.